The largest absolute Gasteiger partial charge is 0.369 e. The fourth-order valence-corrected chi connectivity index (χ4v) is 4.01. The van der Waals surface area contributed by atoms with E-state index < -0.39 is 0 Å². The summed E-state index contributed by atoms with van der Waals surface area (Å²) in [5.74, 6) is 1.29. The van der Waals surface area contributed by atoms with Crippen LogP contribution in [0.5, 0.6) is 0 Å². The Morgan fingerprint density at radius 1 is 1.37 bits per heavy atom. The smallest absolute Gasteiger partial charge is 0.196 e. The van der Waals surface area contributed by atoms with Crippen LogP contribution in [0.1, 0.15) is 32.6 Å². The zero-order valence-corrected chi connectivity index (χ0v) is 12.9. The number of nitrogens with zero attached hydrogens (tertiary/aromatic N) is 2. The molecule has 2 N–H and O–H groups in total. The van der Waals surface area contributed by atoms with Gasteiger partial charge in [-0.25, -0.2) is 0 Å². The first-order valence-corrected chi connectivity index (χ1v) is 7.79. The second-order valence-corrected chi connectivity index (χ2v) is 6.57. The molecule has 0 saturated heterocycles. The molecule has 1 heterocycles. The van der Waals surface area contributed by atoms with Crippen LogP contribution in [0.4, 0.5) is 5.69 Å². The van der Waals surface area contributed by atoms with Gasteiger partial charge in [-0.3, -0.25) is 4.99 Å². The topological polar surface area (TPSA) is 41.6 Å². The van der Waals surface area contributed by atoms with Crippen LogP contribution >= 0.6 is 15.9 Å². The highest BCUT2D eigenvalue weighted by molar-refractivity contribution is 9.10. The highest BCUT2D eigenvalue weighted by Gasteiger charge is 2.48. The molecule has 1 saturated carbocycles. The molecule has 1 spiro atoms. The average Bonchev–Trinajstić information content (AvgIpc) is 2.73. The van der Waals surface area contributed by atoms with E-state index in [1.165, 1.54) is 25.7 Å². The maximum atomic E-state index is 6.20. The van der Waals surface area contributed by atoms with Crippen LogP contribution in [0, 0.1) is 5.92 Å². The van der Waals surface area contributed by atoms with Crippen molar-refractivity contribution in [3.63, 3.8) is 0 Å². The zero-order chi connectivity index (χ0) is 13.5. The van der Waals surface area contributed by atoms with Crippen molar-refractivity contribution in [1.29, 1.82) is 0 Å². The summed E-state index contributed by atoms with van der Waals surface area (Å²) < 4.78 is 1.09. The van der Waals surface area contributed by atoms with Gasteiger partial charge < -0.3 is 10.6 Å². The Kier molecular flexibility index (Phi) is 3.29. The fourth-order valence-electron chi connectivity index (χ4n) is 3.55. The van der Waals surface area contributed by atoms with Crippen LogP contribution in [0.3, 0.4) is 0 Å². The van der Waals surface area contributed by atoms with E-state index in [2.05, 4.69) is 50.9 Å². The molecule has 1 fully saturated rings. The maximum absolute atomic E-state index is 6.20. The summed E-state index contributed by atoms with van der Waals surface area (Å²) in [6.07, 6.45) is 5.05. The summed E-state index contributed by atoms with van der Waals surface area (Å²) in [6, 6.07) is 8.30. The summed E-state index contributed by atoms with van der Waals surface area (Å²) in [6.45, 7) is 3.18. The number of aliphatic imine (C=N–C) groups is 1. The van der Waals surface area contributed by atoms with E-state index in [4.69, 9.17) is 5.73 Å². The van der Waals surface area contributed by atoms with Gasteiger partial charge >= 0.3 is 0 Å². The molecular formula is C15H20BrN3. The number of hydrogen-bond donors (Lipinski definition) is 1. The number of nitrogens with two attached hydrogens (primary N) is 1. The third-order valence-corrected chi connectivity index (χ3v) is 5.37. The van der Waals surface area contributed by atoms with Gasteiger partial charge in [0.15, 0.2) is 5.96 Å². The summed E-state index contributed by atoms with van der Waals surface area (Å²) in [4.78, 5) is 6.84. The van der Waals surface area contributed by atoms with Crippen LogP contribution in [0.25, 0.3) is 0 Å². The Balaban J connectivity index is 2.06. The third-order valence-electron chi connectivity index (χ3n) is 4.70. The normalized spacial score (nSPS) is 30.7. The number of hydrogen-bond acceptors (Lipinski definition) is 3. The van der Waals surface area contributed by atoms with E-state index in [0.717, 1.165) is 16.7 Å². The Morgan fingerprint density at radius 3 is 2.89 bits per heavy atom. The van der Waals surface area contributed by atoms with Crippen molar-refractivity contribution in [2.45, 2.75) is 38.1 Å². The molecule has 3 nitrogen and oxygen atoms in total. The van der Waals surface area contributed by atoms with E-state index in [9.17, 15) is 0 Å². The van der Waals surface area contributed by atoms with E-state index in [-0.39, 0.29) is 5.54 Å². The molecular weight excluding hydrogens is 302 g/mol. The predicted octanol–water partition coefficient (Wildman–Crippen LogP) is 3.53. The maximum Gasteiger partial charge on any atom is 0.196 e. The van der Waals surface area contributed by atoms with E-state index >= 15 is 0 Å². The highest BCUT2D eigenvalue weighted by atomic mass is 79.9. The SMILES string of the molecule is CC1CCCCC12CN=C(N)N2c1ccccc1Br. The Labute approximate surface area is 123 Å². The molecule has 0 amide bonds. The fraction of sp³-hybridized carbons (Fsp3) is 0.533. The molecule has 1 aromatic rings. The molecule has 2 aliphatic rings. The minimum Gasteiger partial charge on any atom is -0.369 e. The highest BCUT2D eigenvalue weighted by Crippen LogP contribution is 2.45. The first-order valence-electron chi connectivity index (χ1n) is 7.00. The van der Waals surface area contributed by atoms with Crippen LogP contribution in [0.15, 0.2) is 33.7 Å². The third kappa shape index (κ3) is 1.97. The molecule has 0 radical (unpaired) electrons. The van der Waals surface area contributed by atoms with Gasteiger partial charge in [-0.05, 0) is 46.8 Å². The number of rotatable bonds is 1. The monoisotopic (exact) mass is 321 g/mol. The van der Waals surface area contributed by atoms with Gasteiger partial charge in [-0.15, -0.1) is 0 Å². The van der Waals surface area contributed by atoms with Crippen molar-refractivity contribution in [2.24, 2.45) is 16.6 Å². The van der Waals surface area contributed by atoms with Crippen LogP contribution in [-0.2, 0) is 0 Å². The molecule has 3 rings (SSSR count). The summed E-state index contributed by atoms with van der Waals surface area (Å²) in [5, 5.41) is 0. The molecule has 1 aromatic carbocycles. The molecule has 1 aliphatic heterocycles. The zero-order valence-electron chi connectivity index (χ0n) is 11.3. The van der Waals surface area contributed by atoms with E-state index in [1.54, 1.807) is 0 Å². The summed E-state index contributed by atoms with van der Waals surface area (Å²) >= 11 is 3.65. The lowest BCUT2D eigenvalue weighted by Gasteiger charge is -2.46. The average molecular weight is 322 g/mol. The van der Waals surface area contributed by atoms with Crippen molar-refractivity contribution < 1.29 is 0 Å². The minimum absolute atomic E-state index is 0.0895. The molecule has 2 unspecified atom stereocenters. The second-order valence-electron chi connectivity index (χ2n) is 5.71. The number of halogens is 1. The van der Waals surface area contributed by atoms with Crippen molar-refractivity contribution in [3.05, 3.63) is 28.7 Å². The summed E-state index contributed by atoms with van der Waals surface area (Å²) in [7, 11) is 0. The van der Waals surface area contributed by atoms with Gasteiger partial charge in [-0.1, -0.05) is 31.9 Å². The molecule has 1 aliphatic carbocycles. The van der Waals surface area contributed by atoms with Crippen LogP contribution in [0.2, 0.25) is 0 Å². The Hall–Kier alpha value is -1.03. The second kappa shape index (κ2) is 4.82. The van der Waals surface area contributed by atoms with E-state index in [0.29, 0.717) is 11.9 Å². The van der Waals surface area contributed by atoms with E-state index in [1.807, 2.05) is 6.07 Å². The summed E-state index contributed by atoms with van der Waals surface area (Å²) in [5.41, 5.74) is 7.44. The lowest BCUT2D eigenvalue weighted by Crippen LogP contribution is -2.57. The minimum atomic E-state index is 0.0895. The van der Waals surface area contributed by atoms with Crippen molar-refractivity contribution in [3.8, 4) is 0 Å². The number of benzene rings is 1. The van der Waals surface area contributed by atoms with Gasteiger partial charge in [0.05, 0.1) is 17.8 Å². The first kappa shape index (κ1) is 13.0. The molecule has 0 aromatic heterocycles. The standard InChI is InChI=1S/C15H20BrN3/c1-11-6-4-5-9-15(11)10-18-14(17)19(15)13-8-3-2-7-12(13)16/h2-3,7-8,11H,4-6,9-10H2,1H3,(H2,17,18). The van der Waals surface area contributed by atoms with Gasteiger partial charge in [0.2, 0.25) is 0 Å². The lowest BCUT2D eigenvalue weighted by molar-refractivity contribution is 0.224. The number of guanidine groups is 1. The Bertz CT molecular complexity index is 514. The van der Waals surface area contributed by atoms with Gasteiger partial charge in [0.1, 0.15) is 0 Å². The van der Waals surface area contributed by atoms with Crippen molar-refractivity contribution in [2.75, 3.05) is 11.4 Å². The Morgan fingerprint density at radius 2 is 2.16 bits per heavy atom. The molecule has 0 bridgehead atoms. The lowest BCUT2D eigenvalue weighted by atomic mass is 9.73. The van der Waals surface area contributed by atoms with Gasteiger partial charge in [0, 0.05) is 4.47 Å². The number of para-hydroxylation sites is 1. The van der Waals surface area contributed by atoms with Crippen molar-refractivity contribution >= 4 is 27.6 Å². The van der Waals surface area contributed by atoms with Crippen LogP contribution < -0.4 is 10.6 Å². The predicted molar refractivity (Wildman–Crippen MR) is 83.5 cm³/mol. The van der Waals surface area contributed by atoms with Gasteiger partial charge in [0.25, 0.3) is 0 Å². The quantitative estimate of drug-likeness (QED) is 0.859. The molecule has 102 valence electrons. The molecule has 19 heavy (non-hydrogen) atoms. The molecule has 4 heteroatoms. The van der Waals surface area contributed by atoms with Crippen LogP contribution in [-0.4, -0.2) is 18.0 Å². The number of anilines is 1. The van der Waals surface area contributed by atoms with Gasteiger partial charge in [-0.2, -0.15) is 0 Å². The first-order chi connectivity index (χ1) is 9.15. The van der Waals surface area contributed by atoms with Crippen molar-refractivity contribution in [1.82, 2.24) is 0 Å². The molecule has 2 atom stereocenters.